The van der Waals surface area contributed by atoms with Crippen molar-refractivity contribution in [2.45, 2.75) is 64.0 Å². The first-order valence-corrected chi connectivity index (χ1v) is 6.30. The molecule has 0 saturated heterocycles. The predicted molar refractivity (Wildman–Crippen MR) is 62.4 cm³/mol. The molecule has 1 N–H and O–H groups in total. The number of rotatable bonds is 3. The second kappa shape index (κ2) is 3.33. The molecular formula is C13H20N2O. The summed E-state index contributed by atoms with van der Waals surface area (Å²) in [6.45, 7) is 7.71. The third-order valence-corrected chi connectivity index (χ3v) is 3.87. The van der Waals surface area contributed by atoms with Gasteiger partial charge in [0.25, 0.3) is 0 Å². The van der Waals surface area contributed by atoms with Crippen LogP contribution in [0.25, 0.3) is 0 Å². The average molecular weight is 220 g/mol. The molecule has 3 rings (SSSR count). The van der Waals surface area contributed by atoms with E-state index in [1.54, 1.807) is 0 Å². The Morgan fingerprint density at radius 2 is 2.19 bits per heavy atom. The summed E-state index contributed by atoms with van der Waals surface area (Å²) in [5, 5.41) is 7.76. The summed E-state index contributed by atoms with van der Waals surface area (Å²) >= 11 is 0. The highest BCUT2D eigenvalue weighted by Gasteiger charge is 2.41. The van der Waals surface area contributed by atoms with E-state index in [4.69, 9.17) is 4.52 Å². The van der Waals surface area contributed by atoms with Crippen molar-refractivity contribution in [3.63, 3.8) is 0 Å². The third-order valence-electron chi connectivity index (χ3n) is 3.87. The standard InChI is InChI=1S/C13H20N2O/c1-8-6-13(2,3)11-10(15-16-12(8)11)7-14-9-4-5-9/h8-9,14H,4-7H2,1-3H3. The summed E-state index contributed by atoms with van der Waals surface area (Å²) in [4.78, 5) is 0. The van der Waals surface area contributed by atoms with Crippen molar-refractivity contribution in [3.05, 3.63) is 17.0 Å². The van der Waals surface area contributed by atoms with E-state index >= 15 is 0 Å². The number of fused-ring (bicyclic) bond motifs is 1. The lowest BCUT2D eigenvalue weighted by molar-refractivity contribution is 0.352. The SMILES string of the molecule is CC1CC(C)(C)c2c(CNC3CC3)noc21. The zero-order valence-electron chi connectivity index (χ0n) is 10.3. The number of hydrogen-bond donors (Lipinski definition) is 1. The maximum atomic E-state index is 5.52. The first-order chi connectivity index (χ1) is 7.58. The second-order valence-electron chi connectivity index (χ2n) is 6.01. The molecule has 0 aliphatic heterocycles. The summed E-state index contributed by atoms with van der Waals surface area (Å²) in [5.41, 5.74) is 2.74. The molecule has 2 aliphatic rings. The number of nitrogens with zero attached hydrogens (tertiary/aromatic N) is 1. The summed E-state index contributed by atoms with van der Waals surface area (Å²) in [5.74, 6) is 1.64. The molecule has 0 aromatic carbocycles. The highest BCUT2D eigenvalue weighted by molar-refractivity contribution is 5.38. The monoisotopic (exact) mass is 220 g/mol. The molecule has 2 aliphatic carbocycles. The van der Waals surface area contributed by atoms with Gasteiger partial charge in [-0.3, -0.25) is 0 Å². The van der Waals surface area contributed by atoms with E-state index in [0.717, 1.165) is 24.0 Å². The zero-order chi connectivity index (χ0) is 11.3. The summed E-state index contributed by atoms with van der Waals surface area (Å²) in [6, 6.07) is 0.731. The van der Waals surface area contributed by atoms with Crippen LogP contribution in [-0.2, 0) is 12.0 Å². The van der Waals surface area contributed by atoms with E-state index in [9.17, 15) is 0 Å². The van der Waals surface area contributed by atoms with Crippen LogP contribution in [0, 0.1) is 0 Å². The zero-order valence-corrected chi connectivity index (χ0v) is 10.3. The van der Waals surface area contributed by atoms with Crippen molar-refractivity contribution in [2.24, 2.45) is 0 Å². The van der Waals surface area contributed by atoms with E-state index in [1.807, 2.05) is 0 Å². The Labute approximate surface area is 96.6 Å². The Hall–Kier alpha value is -0.830. The van der Waals surface area contributed by atoms with E-state index in [-0.39, 0.29) is 5.41 Å². The minimum atomic E-state index is 0.231. The molecule has 0 amide bonds. The fourth-order valence-electron chi connectivity index (χ4n) is 3.01. The molecule has 0 bridgehead atoms. The first-order valence-electron chi connectivity index (χ1n) is 6.30. The molecule has 1 fully saturated rings. The van der Waals surface area contributed by atoms with Crippen LogP contribution in [0.5, 0.6) is 0 Å². The van der Waals surface area contributed by atoms with Crippen molar-refractivity contribution < 1.29 is 4.52 Å². The van der Waals surface area contributed by atoms with E-state index < -0.39 is 0 Å². The van der Waals surface area contributed by atoms with Gasteiger partial charge in [0.05, 0.1) is 0 Å². The van der Waals surface area contributed by atoms with Crippen LogP contribution in [-0.4, -0.2) is 11.2 Å². The lowest BCUT2D eigenvalue weighted by atomic mass is 9.85. The molecule has 3 heteroatoms. The normalized spacial score (nSPS) is 27.1. The predicted octanol–water partition coefficient (Wildman–Crippen LogP) is 2.71. The van der Waals surface area contributed by atoms with Crippen LogP contribution in [0.3, 0.4) is 0 Å². The Bertz CT molecular complexity index is 404. The average Bonchev–Trinajstić information content (AvgIpc) is 2.86. The molecule has 1 unspecified atom stereocenters. The lowest BCUT2D eigenvalue weighted by Gasteiger charge is -2.18. The van der Waals surface area contributed by atoms with Gasteiger partial charge in [-0.2, -0.15) is 0 Å². The lowest BCUT2D eigenvalue weighted by Crippen LogP contribution is -2.20. The van der Waals surface area contributed by atoms with Crippen molar-refractivity contribution in [3.8, 4) is 0 Å². The number of nitrogens with one attached hydrogen (secondary N) is 1. The molecular weight excluding hydrogens is 200 g/mol. The maximum Gasteiger partial charge on any atom is 0.143 e. The van der Waals surface area contributed by atoms with Crippen LogP contribution < -0.4 is 5.32 Å². The van der Waals surface area contributed by atoms with Gasteiger partial charge in [0, 0.05) is 24.1 Å². The van der Waals surface area contributed by atoms with Gasteiger partial charge in [-0.25, -0.2) is 0 Å². The quantitative estimate of drug-likeness (QED) is 0.851. The van der Waals surface area contributed by atoms with Crippen LogP contribution in [0.4, 0.5) is 0 Å². The highest BCUT2D eigenvalue weighted by Crippen LogP contribution is 2.47. The molecule has 1 aromatic heterocycles. The van der Waals surface area contributed by atoms with Gasteiger partial charge in [0.1, 0.15) is 11.5 Å². The Morgan fingerprint density at radius 3 is 2.88 bits per heavy atom. The number of aromatic nitrogens is 1. The first kappa shape index (κ1) is 10.3. The van der Waals surface area contributed by atoms with Gasteiger partial charge in [0.15, 0.2) is 0 Å². The summed E-state index contributed by atoms with van der Waals surface area (Å²) in [7, 11) is 0. The summed E-state index contributed by atoms with van der Waals surface area (Å²) in [6.07, 6.45) is 3.82. The molecule has 1 heterocycles. The topological polar surface area (TPSA) is 38.1 Å². The molecule has 0 spiro atoms. The van der Waals surface area contributed by atoms with Crippen molar-refractivity contribution >= 4 is 0 Å². The molecule has 1 saturated carbocycles. The van der Waals surface area contributed by atoms with Gasteiger partial charge in [-0.1, -0.05) is 25.9 Å². The second-order valence-corrected chi connectivity index (χ2v) is 6.01. The Balaban J connectivity index is 1.86. The smallest absolute Gasteiger partial charge is 0.143 e. The van der Waals surface area contributed by atoms with E-state index in [1.165, 1.54) is 24.8 Å². The van der Waals surface area contributed by atoms with Crippen LogP contribution in [0.1, 0.15) is 63.0 Å². The molecule has 1 aromatic rings. The van der Waals surface area contributed by atoms with Crippen LogP contribution in [0.2, 0.25) is 0 Å². The largest absolute Gasteiger partial charge is 0.360 e. The third kappa shape index (κ3) is 1.58. The summed E-state index contributed by atoms with van der Waals surface area (Å²) < 4.78 is 5.52. The van der Waals surface area contributed by atoms with Crippen molar-refractivity contribution in [1.82, 2.24) is 10.5 Å². The van der Waals surface area contributed by atoms with Crippen molar-refractivity contribution in [1.29, 1.82) is 0 Å². The molecule has 16 heavy (non-hydrogen) atoms. The van der Waals surface area contributed by atoms with Crippen LogP contribution >= 0.6 is 0 Å². The van der Waals surface area contributed by atoms with E-state index in [0.29, 0.717) is 5.92 Å². The fourth-order valence-corrected chi connectivity index (χ4v) is 3.01. The van der Waals surface area contributed by atoms with Crippen LogP contribution in [0.15, 0.2) is 4.52 Å². The minimum absolute atomic E-state index is 0.231. The number of hydrogen-bond acceptors (Lipinski definition) is 3. The Kier molecular flexibility index (Phi) is 2.15. The van der Waals surface area contributed by atoms with Gasteiger partial charge >= 0.3 is 0 Å². The van der Waals surface area contributed by atoms with Gasteiger partial charge in [-0.15, -0.1) is 0 Å². The molecule has 3 nitrogen and oxygen atoms in total. The van der Waals surface area contributed by atoms with E-state index in [2.05, 4.69) is 31.2 Å². The maximum absolute atomic E-state index is 5.52. The fraction of sp³-hybridized carbons (Fsp3) is 0.769. The molecule has 88 valence electrons. The molecule has 0 radical (unpaired) electrons. The highest BCUT2D eigenvalue weighted by atomic mass is 16.5. The van der Waals surface area contributed by atoms with Gasteiger partial charge < -0.3 is 9.84 Å². The van der Waals surface area contributed by atoms with Gasteiger partial charge in [-0.05, 0) is 24.7 Å². The van der Waals surface area contributed by atoms with Gasteiger partial charge in [0.2, 0.25) is 0 Å². The minimum Gasteiger partial charge on any atom is -0.360 e. The van der Waals surface area contributed by atoms with Crippen molar-refractivity contribution in [2.75, 3.05) is 0 Å². The molecule has 1 atom stereocenters. The Morgan fingerprint density at radius 1 is 1.44 bits per heavy atom.